The van der Waals surface area contributed by atoms with Crippen molar-refractivity contribution in [2.24, 2.45) is 0 Å². The first kappa shape index (κ1) is 16.8. The summed E-state index contributed by atoms with van der Waals surface area (Å²) in [6.07, 6.45) is -0.642. The highest BCUT2D eigenvalue weighted by Gasteiger charge is 2.23. The summed E-state index contributed by atoms with van der Waals surface area (Å²) in [5.41, 5.74) is -0.0726. The van der Waals surface area contributed by atoms with E-state index in [1.165, 1.54) is 7.11 Å². The molecule has 1 rings (SSSR count). The van der Waals surface area contributed by atoms with Gasteiger partial charge in [-0.3, -0.25) is 4.79 Å². The maximum absolute atomic E-state index is 11.6. The minimum atomic E-state index is -1.03. The van der Waals surface area contributed by atoms with Gasteiger partial charge >= 0.3 is 12.1 Å². The first-order chi connectivity index (χ1) is 9.73. The van der Waals surface area contributed by atoms with Crippen molar-refractivity contribution >= 4 is 12.1 Å². The molecular weight excluding hydrogens is 274 g/mol. The maximum atomic E-state index is 11.6. The van der Waals surface area contributed by atoms with E-state index in [0.29, 0.717) is 11.3 Å². The molecule has 0 spiro atoms. The molecule has 0 radical (unpaired) electrons. The molecule has 1 aromatic rings. The average molecular weight is 295 g/mol. The van der Waals surface area contributed by atoms with Crippen molar-refractivity contribution in [3.8, 4) is 5.75 Å². The van der Waals surface area contributed by atoms with Crippen molar-refractivity contribution < 1.29 is 24.2 Å². The van der Waals surface area contributed by atoms with Crippen molar-refractivity contribution in [1.29, 1.82) is 0 Å². The van der Waals surface area contributed by atoms with Gasteiger partial charge in [0.1, 0.15) is 11.4 Å². The molecule has 0 fully saturated rings. The molecule has 0 saturated heterocycles. The first-order valence-corrected chi connectivity index (χ1v) is 6.56. The van der Waals surface area contributed by atoms with Crippen molar-refractivity contribution in [3.05, 3.63) is 29.8 Å². The predicted octanol–water partition coefficient (Wildman–Crippen LogP) is 2.39. The Hall–Kier alpha value is -2.24. The molecule has 0 bridgehead atoms. The number of benzene rings is 1. The van der Waals surface area contributed by atoms with Gasteiger partial charge in [0.05, 0.1) is 13.0 Å². The number of nitrogens with one attached hydrogen (secondary N) is 1. The van der Waals surface area contributed by atoms with Gasteiger partial charge in [0.15, 0.2) is 0 Å². The van der Waals surface area contributed by atoms with E-state index >= 15 is 0 Å². The SMILES string of the molecule is COc1cccc([C@@H](CNC(=O)OC(C)(C)C)C(=O)O)c1. The van der Waals surface area contributed by atoms with Gasteiger partial charge in [0.25, 0.3) is 0 Å². The minimum absolute atomic E-state index is 0.0581. The highest BCUT2D eigenvalue weighted by atomic mass is 16.6. The summed E-state index contributed by atoms with van der Waals surface area (Å²) in [5.74, 6) is -1.33. The Bertz CT molecular complexity index is 507. The Labute approximate surface area is 124 Å². The van der Waals surface area contributed by atoms with Crippen molar-refractivity contribution in [1.82, 2.24) is 5.32 Å². The van der Waals surface area contributed by atoms with Crippen LogP contribution in [-0.4, -0.2) is 36.4 Å². The van der Waals surface area contributed by atoms with Gasteiger partial charge < -0.3 is 19.9 Å². The van der Waals surface area contributed by atoms with Gasteiger partial charge in [0, 0.05) is 6.54 Å². The van der Waals surface area contributed by atoms with Gasteiger partial charge in [-0.1, -0.05) is 12.1 Å². The van der Waals surface area contributed by atoms with Crippen LogP contribution in [0.2, 0.25) is 0 Å². The third-order valence-electron chi connectivity index (χ3n) is 2.64. The molecule has 1 amide bonds. The third-order valence-corrected chi connectivity index (χ3v) is 2.64. The number of carboxylic acids is 1. The zero-order valence-electron chi connectivity index (χ0n) is 12.7. The second-order valence-electron chi connectivity index (χ2n) is 5.55. The summed E-state index contributed by atoms with van der Waals surface area (Å²) in [6, 6.07) is 6.74. The number of amides is 1. The molecule has 0 saturated carbocycles. The molecular formula is C15H21NO5. The molecule has 21 heavy (non-hydrogen) atoms. The number of carboxylic acid groups (broad SMARTS) is 1. The van der Waals surface area contributed by atoms with Gasteiger partial charge in [-0.15, -0.1) is 0 Å². The van der Waals surface area contributed by atoms with Crippen LogP contribution in [0.15, 0.2) is 24.3 Å². The summed E-state index contributed by atoms with van der Waals surface area (Å²) in [6.45, 7) is 5.16. The fourth-order valence-corrected chi connectivity index (χ4v) is 1.71. The first-order valence-electron chi connectivity index (χ1n) is 6.56. The number of alkyl carbamates (subject to hydrolysis) is 1. The zero-order valence-corrected chi connectivity index (χ0v) is 12.7. The van der Waals surface area contributed by atoms with Crippen molar-refractivity contribution in [2.45, 2.75) is 32.3 Å². The van der Waals surface area contributed by atoms with E-state index in [4.69, 9.17) is 9.47 Å². The van der Waals surface area contributed by atoms with Crippen LogP contribution in [0.25, 0.3) is 0 Å². The molecule has 0 aromatic heterocycles. The summed E-state index contributed by atoms with van der Waals surface area (Å²) in [4.78, 5) is 23.0. The lowest BCUT2D eigenvalue weighted by Gasteiger charge is -2.21. The lowest BCUT2D eigenvalue weighted by Crippen LogP contribution is -2.36. The molecule has 0 unspecified atom stereocenters. The van der Waals surface area contributed by atoms with Crippen LogP contribution < -0.4 is 10.1 Å². The Morgan fingerprint density at radius 3 is 2.52 bits per heavy atom. The average Bonchev–Trinajstić information content (AvgIpc) is 2.36. The van der Waals surface area contributed by atoms with Gasteiger partial charge in [-0.2, -0.15) is 0 Å². The van der Waals surface area contributed by atoms with Crippen LogP contribution in [0.1, 0.15) is 32.3 Å². The largest absolute Gasteiger partial charge is 0.497 e. The topological polar surface area (TPSA) is 84.9 Å². The zero-order chi connectivity index (χ0) is 16.0. The predicted molar refractivity (Wildman–Crippen MR) is 77.6 cm³/mol. The number of methoxy groups -OCH3 is 1. The van der Waals surface area contributed by atoms with Gasteiger partial charge in [0.2, 0.25) is 0 Å². The standard InChI is InChI=1S/C15H21NO5/c1-15(2,3)21-14(19)16-9-12(13(17)18)10-6-5-7-11(8-10)20-4/h5-8,12H,9H2,1-4H3,(H,16,19)(H,17,18)/t12-/m1/s1. The smallest absolute Gasteiger partial charge is 0.407 e. The number of carbonyl (C=O) groups excluding carboxylic acids is 1. The summed E-state index contributed by atoms with van der Waals surface area (Å²) in [5, 5.41) is 11.8. The fraction of sp³-hybridized carbons (Fsp3) is 0.467. The van der Waals surface area contributed by atoms with Gasteiger partial charge in [-0.25, -0.2) is 4.79 Å². The molecule has 6 heteroatoms. The number of hydrogen-bond acceptors (Lipinski definition) is 4. The van der Waals surface area contributed by atoms with E-state index in [2.05, 4.69) is 5.32 Å². The monoisotopic (exact) mass is 295 g/mol. The molecule has 1 aromatic carbocycles. The Morgan fingerprint density at radius 2 is 2.00 bits per heavy atom. The van der Waals surface area contributed by atoms with E-state index in [9.17, 15) is 14.7 Å². The van der Waals surface area contributed by atoms with Crippen LogP contribution in [0.5, 0.6) is 5.75 Å². The molecule has 6 nitrogen and oxygen atoms in total. The van der Waals surface area contributed by atoms with E-state index < -0.39 is 23.6 Å². The molecule has 0 aliphatic carbocycles. The maximum Gasteiger partial charge on any atom is 0.407 e. The van der Waals surface area contributed by atoms with Crippen LogP contribution >= 0.6 is 0 Å². The van der Waals surface area contributed by atoms with E-state index in [1.54, 1.807) is 45.0 Å². The lowest BCUT2D eigenvalue weighted by molar-refractivity contribution is -0.138. The second kappa shape index (κ2) is 6.97. The van der Waals surface area contributed by atoms with Crippen LogP contribution in [0.3, 0.4) is 0 Å². The number of carbonyl (C=O) groups is 2. The van der Waals surface area contributed by atoms with E-state index in [1.807, 2.05) is 0 Å². The Morgan fingerprint density at radius 1 is 1.33 bits per heavy atom. The number of hydrogen-bond donors (Lipinski definition) is 2. The molecule has 0 aliphatic heterocycles. The second-order valence-corrected chi connectivity index (χ2v) is 5.55. The summed E-state index contributed by atoms with van der Waals surface area (Å²) < 4.78 is 10.2. The normalized spacial score (nSPS) is 12.4. The molecule has 0 heterocycles. The van der Waals surface area contributed by atoms with Crippen molar-refractivity contribution in [3.63, 3.8) is 0 Å². The molecule has 0 aliphatic rings. The fourth-order valence-electron chi connectivity index (χ4n) is 1.71. The minimum Gasteiger partial charge on any atom is -0.497 e. The summed E-state index contributed by atoms with van der Waals surface area (Å²) >= 11 is 0. The Balaban J connectivity index is 2.74. The Kier molecular flexibility index (Phi) is 5.58. The molecule has 116 valence electrons. The van der Waals surface area contributed by atoms with Crippen LogP contribution in [0.4, 0.5) is 4.79 Å². The number of ether oxygens (including phenoxy) is 2. The van der Waals surface area contributed by atoms with Crippen molar-refractivity contribution in [2.75, 3.05) is 13.7 Å². The summed E-state index contributed by atoms with van der Waals surface area (Å²) in [7, 11) is 1.51. The van der Waals surface area contributed by atoms with E-state index in [-0.39, 0.29) is 6.54 Å². The quantitative estimate of drug-likeness (QED) is 0.871. The number of rotatable bonds is 5. The highest BCUT2D eigenvalue weighted by molar-refractivity contribution is 5.78. The van der Waals surface area contributed by atoms with Crippen LogP contribution in [0, 0.1) is 0 Å². The third kappa shape index (κ3) is 5.72. The lowest BCUT2D eigenvalue weighted by atomic mass is 9.99. The molecule has 1 atom stereocenters. The number of aliphatic carboxylic acids is 1. The van der Waals surface area contributed by atoms with Gasteiger partial charge in [-0.05, 0) is 38.5 Å². The van der Waals surface area contributed by atoms with E-state index in [0.717, 1.165) is 0 Å². The van der Waals surface area contributed by atoms with Crippen LogP contribution in [-0.2, 0) is 9.53 Å². The molecule has 2 N–H and O–H groups in total. The highest BCUT2D eigenvalue weighted by Crippen LogP contribution is 2.21.